The first-order valence-electron chi connectivity index (χ1n) is 6.28. The van der Waals surface area contributed by atoms with Gasteiger partial charge in [-0.25, -0.2) is 9.37 Å². The van der Waals surface area contributed by atoms with E-state index in [1.165, 1.54) is 6.07 Å². The molecule has 6 heteroatoms. The number of anilines is 1. The topological polar surface area (TPSA) is 53.4 Å². The highest BCUT2D eigenvalue weighted by molar-refractivity contribution is 9.10. The average molecular weight is 339 g/mol. The fraction of sp³-hybridized carbons (Fsp3) is 0.286. The van der Waals surface area contributed by atoms with Gasteiger partial charge in [0.25, 0.3) is 0 Å². The summed E-state index contributed by atoms with van der Waals surface area (Å²) in [7, 11) is 0. The number of aliphatic carboxylic acids is 1. The maximum Gasteiger partial charge on any atom is 0.308 e. The van der Waals surface area contributed by atoms with E-state index in [9.17, 15) is 9.18 Å². The van der Waals surface area contributed by atoms with Crippen LogP contribution in [0.2, 0.25) is 0 Å². The van der Waals surface area contributed by atoms with E-state index < -0.39 is 5.97 Å². The molecule has 1 fully saturated rings. The maximum atomic E-state index is 13.5. The molecule has 0 radical (unpaired) electrons. The summed E-state index contributed by atoms with van der Waals surface area (Å²) in [6.45, 7) is 1.11. The lowest BCUT2D eigenvalue weighted by Gasteiger charge is -2.17. The first-order valence-corrected chi connectivity index (χ1v) is 7.07. The molecule has 0 spiro atoms. The number of aromatic nitrogens is 1. The molecule has 104 valence electrons. The third kappa shape index (κ3) is 2.35. The van der Waals surface area contributed by atoms with Gasteiger partial charge in [-0.05, 0) is 40.5 Å². The molecule has 3 rings (SSSR count). The van der Waals surface area contributed by atoms with Crippen molar-refractivity contribution < 1.29 is 14.3 Å². The molecular weight excluding hydrogens is 327 g/mol. The van der Waals surface area contributed by atoms with Crippen LogP contribution < -0.4 is 4.90 Å². The minimum Gasteiger partial charge on any atom is -0.481 e. The molecule has 1 aliphatic rings. The van der Waals surface area contributed by atoms with Crippen LogP contribution in [0.25, 0.3) is 10.9 Å². The van der Waals surface area contributed by atoms with E-state index in [2.05, 4.69) is 20.9 Å². The summed E-state index contributed by atoms with van der Waals surface area (Å²) in [5, 5.41) is 9.86. The fourth-order valence-electron chi connectivity index (χ4n) is 2.45. The predicted octanol–water partition coefficient (Wildman–Crippen LogP) is 3.05. The Morgan fingerprint density at radius 3 is 2.95 bits per heavy atom. The molecule has 1 unspecified atom stereocenters. The van der Waals surface area contributed by atoms with Crippen molar-refractivity contribution in [1.29, 1.82) is 0 Å². The summed E-state index contributed by atoms with van der Waals surface area (Å²) < 4.78 is 14.0. The normalized spacial score (nSPS) is 18.7. The number of carboxylic acid groups (broad SMARTS) is 1. The Hall–Kier alpha value is -1.69. The number of fused-ring (bicyclic) bond motifs is 1. The second kappa shape index (κ2) is 5.01. The van der Waals surface area contributed by atoms with Crippen molar-refractivity contribution in [2.24, 2.45) is 5.92 Å². The van der Waals surface area contributed by atoms with Crippen LogP contribution >= 0.6 is 15.9 Å². The molecule has 0 aliphatic carbocycles. The summed E-state index contributed by atoms with van der Waals surface area (Å²) in [5.41, 5.74) is 0.571. The number of nitrogens with zero attached hydrogens (tertiary/aromatic N) is 2. The van der Waals surface area contributed by atoms with Gasteiger partial charge in [-0.2, -0.15) is 0 Å². The van der Waals surface area contributed by atoms with E-state index in [0.29, 0.717) is 35.3 Å². The summed E-state index contributed by atoms with van der Waals surface area (Å²) in [5.74, 6) is -0.785. The third-order valence-electron chi connectivity index (χ3n) is 3.58. The highest BCUT2D eigenvalue weighted by Crippen LogP contribution is 2.27. The first-order chi connectivity index (χ1) is 9.54. The second-order valence-corrected chi connectivity index (χ2v) is 5.75. The lowest BCUT2D eigenvalue weighted by molar-refractivity contribution is -0.140. The smallest absolute Gasteiger partial charge is 0.308 e. The number of carboxylic acids is 1. The van der Waals surface area contributed by atoms with Gasteiger partial charge in [0.1, 0.15) is 11.6 Å². The quantitative estimate of drug-likeness (QED) is 0.914. The van der Waals surface area contributed by atoms with Gasteiger partial charge < -0.3 is 10.0 Å². The molecule has 0 saturated carbocycles. The van der Waals surface area contributed by atoms with Crippen molar-refractivity contribution in [1.82, 2.24) is 4.98 Å². The second-order valence-electron chi connectivity index (χ2n) is 4.90. The standard InChI is InChI=1S/C14H12BrFN2O2/c15-10-5-8-1-2-13(17-12(8)6-11(10)16)18-4-3-9(7-18)14(19)20/h1-2,5-6,9H,3-4,7H2,(H,19,20). The van der Waals surface area contributed by atoms with Gasteiger partial charge in [0.15, 0.2) is 0 Å². The number of hydrogen-bond donors (Lipinski definition) is 1. The molecule has 1 N–H and O–H groups in total. The van der Waals surface area contributed by atoms with Crippen molar-refractivity contribution in [3.05, 3.63) is 34.6 Å². The molecule has 1 saturated heterocycles. The average Bonchev–Trinajstić information content (AvgIpc) is 2.89. The Morgan fingerprint density at radius 1 is 1.45 bits per heavy atom. The summed E-state index contributed by atoms with van der Waals surface area (Å²) in [6, 6.07) is 6.78. The van der Waals surface area contributed by atoms with E-state index >= 15 is 0 Å². The monoisotopic (exact) mass is 338 g/mol. The summed E-state index contributed by atoms with van der Waals surface area (Å²) in [4.78, 5) is 17.3. The van der Waals surface area contributed by atoms with Gasteiger partial charge in [-0.1, -0.05) is 0 Å². The van der Waals surface area contributed by atoms with E-state index in [4.69, 9.17) is 5.11 Å². The molecule has 20 heavy (non-hydrogen) atoms. The highest BCUT2D eigenvalue weighted by Gasteiger charge is 2.28. The van der Waals surface area contributed by atoms with Crippen LogP contribution in [0, 0.1) is 11.7 Å². The number of carbonyl (C=O) groups is 1. The highest BCUT2D eigenvalue weighted by atomic mass is 79.9. The van der Waals surface area contributed by atoms with Crippen molar-refractivity contribution in [3.8, 4) is 0 Å². The molecule has 2 heterocycles. The third-order valence-corrected chi connectivity index (χ3v) is 4.19. The number of pyridine rings is 1. The minimum absolute atomic E-state index is 0.353. The summed E-state index contributed by atoms with van der Waals surface area (Å²) >= 11 is 3.15. The number of hydrogen-bond acceptors (Lipinski definition) is 3. The van der Waals surface area contributed by atoms with Gasteiger partial charge in [0.05, 0.1) is 15.9 Å². The molecule has 4 nitrogen and oxygen atoms in total. The number of rotatable bonds is 2. The maximum absolute atomic E-state index is 13.5. The minimum atomic E-state index is -0.775. The van der Waals surface area contributed by atoms with E-state index in [0.717, 1.165) is 5.39 Å². The van der Waals surface area contributed by atoms with Gasteiger partial charge in [-0.15, -0.1) is 0 Å². The van der Waals surface area contributed by atoms with E-state index in [-0.39, 0.29) is 11.7 Å². The van der Waals surface area contributed by atoms with E-state index in [1.54, 1.807) is 6.07 Å². The molecular formula is C14H12BrFN2O2. The van der Waals surface area contributed by atoms with Crippen molar-refractivity contribution in [2.45, 2.75) is 6.42 Å². The van der Waals surface area contributed by atoms with Crippen molar-refractivity contribution in [3.63, 3.8) is 0 Å². The number of halogens is 2. The van der Waals surface area contributed by atoms with Gasteiger partial charge >= 0.3 is 5.97 Å². The lowest BCUT2D eigenvalue weighted by Crippen LogP contribution is -2.23. The Balaban J connectivity index is 1.93. The summed E-state index contributed by atoms with van der Waals surface area (Å²) in [6.07, 6.45) is 0.615. The van der Waals surface area contributed by atoms with Crippen molar-refractivity contribution in [2.75, 3.05) is 18.0 Å². The van der Waals surface area contributed by atoms with Crippen molar-refractivity contribution >= 4 is 38.6 Å². The molecule has 1 aromatic carbocycles. The van der Waals surface area contributed by atoms with Crippen LogP contribution in [-0.4, -0.2) is 29.1 Å². The molecule has 1 atom stereocenters. The Morgan fingerprint density at radius 2 is 2.25 bits per heavy atom. The zero-order valence-corrected chi connectivity index (χ0v) is 12.1. The Labute approximate surface area is 123 Å². The van der Waals surface area contributed by atoms with Crippen LogP contribution in [0.1, 0.15) is 6.42 Å². The zero-order chi connectivity index (χ0) is 14.3. The zero-order valence-electron chi connectivity index (χ0n) is 10.5. The fourth-order valence-corrected chi connectivity index (χ4v) is 2.81. The Bertz CT molecular complexity index is 692. The SMILES string of the molecule is O=C(O)C1CCN(c2ccc3cc(Br)c(F)cc3n2)C1. The van der Waals surface area contributed by atoms with Gasteiger partial charge in [0, 0.05) is 24.5 Å². The van der Waals surface area contributed by atoms with Crippen LogP contribution in [0.3, 0.4) is 0 Å². The molecule has 0 bridgehead atoms. The van der Waals surface area contributed by atoms with Crippen LogP contribution in [0.4, 0.5) is 10.2 Å². The largest absolute Gasteiger partial charge is 0.481 e. The molecule has 0 amide bonds. The van der Waals surface area contributed by atoms with E-state index in [1.807, 2.05) is 17.0 Å². The van der Waals surface area contributed by atoms with Gasteiger partial charge in [0.2, 0.25) is 0 Å². The first kappa shape index (κ1) is 13.3. The molecule has 1 aliphatic heterocycles. The Kier molecular flexibility index (Phi) is 3.33. The molecule has 2 aromatic rings. The van der Waals surface area contributed by atoms with Crippen LogP contribution in [0.15, 0.2) is 28.7 Å². The van der Waals surface area contributed by atoms with Crippen LogP contribution in [-0.2, 0) is 4.79 Å². The van der Waals surface area contributed by atoms with Crippen LogP contribution in [0.5, 0.6) is 0 Å². The number of benzene rings is 1. The lowest BCUT2D eigenvalue weighted by atomic mass is 10.1. The molecule has 1 aromatic heterocycles. The predicted molar refractivity (Wildman–Crippen MR) is 77.4 cm³/mol. The van der Waals surface area contributed by atoms with Gasteiger partial charge in [-0.3, -0.25) is 4.79 Å².